The highest BCUT2D eigenvalue weighted by atomic mass is 79.9. The van der Waals surface area contributed by atoms with Crippen molar-refractivity contribution in [3.63, 3.8) is 0 Å². The molecular formula is C18H15BrN4O4. The van der Waals surface area contributed by atoms with Crippen molar-refractivity contribution < 1.29 is 14.3 Å². The molecule has 0 bridgehead atoms. The van der Waals surface area contributed by atoms with Crippen LogP contribution in [0.15, 0.2) is 56.4 Å². The minimum absolute atomic E-state index is 0.239. The van der Waals surface area contributed by atoms with E-state index >= 15 is 0 Å². The molecule has 1 aromatic carbocycles. The Labute approximate surface area is 161 Å². The van der Waals surface area contributed by atoms with E-state index in [-0.39, 0.29) is 11.1 Å². The van der Waals surface area contributed by atoms with Crippen LogP contribution in [0.4, 0.5) is 5.69 Å². The summed E-state index contributed by atoms with van der Waals surface area (Å²) in [5, 5.41) is 11.4. The highest BCUT2D eigenvalue weighted by Gasteiger charge is 2.13. The van der Waals surface area contributed by atoms with E-state index in [0.717, 1.165) is 22.5 Å². The fourth-order valence-corrected chi connectivity index (χ4v) is 2.77. The van der Waals surface area contributed by atoms with Crippen molar-refractivity contribution in [3.05, 3.63) is 63.4 Å². The predicted octanol–water partition coefficient (Wildman–Crippen LogP) is 3.53. The topological polar surface area (TPSA) is 121 Å². The second-order valence-electron chi connectivity index (χ2n) is 5.55. The van der Waals surface area contributed by atoms with Crippen LogP contribution in [0.1, 0.15) is 12.7 Å². The van der Waals surface area contributed by atoms with Gasteiger partial charge in [0, 0.05) is 29.2 Å². The number of aliphatic carboxylic acids is 1. The number of pyridine rings is 1. The molecule has 138 valence electrons. The van der Waals surface area contributed by atoms with Crippen molar-refractivity contribution in [2.45, 2.75) is 13.5 Å². The number of aromatic amines is 1. The molecule has 8 nitrogen and oxygen atoms in total. The Morgan fingerprint density at radius 2 is 2.15 bits per heavy atom. The van der Waals surface area contributed by atoms with Gasteiger partial charge in [-0.2, -0.15) is 0 Å². The second kappa shape index (κ2) is 8.00. The van der Waals surface area contributed by atoms with Gasteiger partial charge in [0.25, 0.3) is 11.5 Å². The number of carboxylic acids is 1. The molecule has 4 rings (SSSR count). The smallest absolute Gasteiger partial charge is 0.300 e. The largest absolute Gasteiger partial charge is 0.481 e. The van der Waals surface area contributed by atoms with Crippen molar-refractivity contribution in [2.24, 2.45) is 0 Å². The Balaban J connectivity index is 0.000000481. The first-order valence-corrected chi connectivity index (χ1v) is 8.67. The van der Waals surface area contributed by atoms with Crippen molar-refractivity contribution in [2.75, 3.05) is 5.32 Å². The quantitative estimate of drug-likeness (QED) is 0.454. The highest BCUT2D eigenvalue weighted by molar-refractivity contribution is 9.10. The Morgan fingerprint density at radius 3 is 2.85 bits per heavy atom. The lowest BCUT2D eigenvalue weighted by atomic mass is 10.2. The number of H-pyrrole nitrogens is 1. The van der Waals surface area contributed by atoms with Crippen molar-refractivity contribution >= 4 is 49.7 Å². The van der Waals surface area contributed by atoms with Gasteiger partial charge in [0.2, 0.25) is 5.58 Å². The van der Waals surface area contributed by atoms with Crippen LogP contribution in [-0.4, -0.2) is 26.0 Å². The number of nitrogens with zero attached hydrogens (tertiary/aromatic N) is 2. The molecule has 0 amide bonds. The van der Waals surface area contributed by atoms with E-state index in [4.69, 9.17) is 14.3 Å². The van der Waals surface area contributed by atoms with Crippen LogP contribution >= 0.6 is 15.9 Å². The van der Waals surface area contributed by atoms with Crippen LogP contribution in [0, 0.1) is 0 Å². The number of furan rings is 1. The first-order valence-electron chi connectivity index (χ1n) is 7.88. The number of anilines is 1. The van der Waals surface area contributed by atoms with Gasteiger partial charge in [-0.1, -0.05) is 15.9 Å². The van der Waals surface area contributed by atoms with Gasteiger partial charge < -0.3 is 19.8 Å². The maximum Gasteiger partial charge on any atom is 0.300 e. The van der Waals surface area contributed by atoms with E-state index in [1.165, 1.54) is 0 Å². The molecule has 27 heavy (non-hydrogen) atoms. The fraction of sp³-hybridized carbons (Fsp3) is 0.111. The maximum atomic E-state index is 12.2. The number of carbonyl (C=O) groups is 1. The third-order valence-electron chi connectivity index (χ3n) is 3.46. The van der Waals surface area contributed by atoms with Crippen molar-refractivity contribution in [3.8, 4) is 0 Å². The number of carboxylic acid groups (broad SMARTS) is 1. The van der Waals surface area contributed by atoms with Gasteiger partial charge in [0.1, 0.15) is 16.9 Å². The number of hydrogen-bond donors (Lipinski definition) is 3. The lowest BCUT2D eigenvalue weighted by Crippen LogP contribution is -2.13. The number of fused-ring (bicyclic) bond motifs is 3. The zero-order valence-electron chi connectivity index (χ0n) is 14.2. The van der Waals surface area contributed by atoms with Crippen LogP contribution < -0.4 is 10.9 Å². The van der Waals surface area contributed by atoms with E-state index in [0.29, 0.717) is 23.5 Å². The van der Waals surface area contributed by atoms with Gasteiger partial charge in [-0.15, -0.1) is 0 Å². The van der Waals surface area contributed by atoms with Crippen LogP contribution in [-0.2, 0) is 11.3 Å². The van der Waals surface area contributed by atoms with Gasteiger partial charge in [-0.3, -0.25) is 14.6 Å². The Morgan fingerprint density at radius 1 is 1.37 bits per heavy atom. The maximum absolute atomic E-state index is 12.2. The molecule has 0 saturated heterocycles. The predicted molar refractivity (Wildman–Crippen MR) is 105 cm³/mol. The highest BCUT2D eigenvalue weighted by Crippen LogP contribution is 2.27. The standard InChI is InChI=1S/C16H11BrN4O2.C2H4O2/c17-9-3-4-12-11(6-9)14-15(23-12)16(22)21-13(20-14)8-19-10-2-1-5-18-7-10;1-2(3)4/h1-7,19H,8H2,(H,20,21,22);1H3,(H,3,4). The summed E-state index contributed by atoms with van der Waals surface area (Å²) in [4.78, 5) is 32.5. The monoisotopic (exact) mass is 430 g/mol. The van der Waals surface area contributed by atoms with Gasteiger partial charge in [-0.05, 0) is 30.3 Å². The van der Waals surface area contributed by atoms with E-state index in [1.54, 1.807) is 12.4 Å². The summed E-state index contributed by atoms with van der Waals surface area (Å²) in [6.45, 7) is 1.47. The molecule has 0 atom stereocenters. The minimum Gasteiger partial charge on any atom is -0.481 e. The molecule has 0 fully saturated rings. The lowest BCUT2D eigenvalue weighted by molar-refractivity contribution is -0.134. The summed E-state index contributed by atoms with van der Waals surface area (Å²) in [6, 6.07) is 9.31. The third-order valence-corrected chi connectivity index (χ3v) is 3.95. The van der Waals surface area contributed by atoms with Gasteiger partial charge in [0.05, 0.1) is 12.2 Å². The number of hydrogen-bond acceptors (Lipinski definition) is 6. The van der Waals surface area contributed by atoms with Crippen molar-refractivity contribution in [1.82, 2.24) is 15.0 Å². The number of halogens is 1. The summed E-state index contributed by atoms with van der Waals surface area (Å²) < 4.78 is 6.51. The number of benzene rings is 1. The van der Waals surface area contributed by atoms with Crippen molar-refractivity contribution in [1.29, 1.82) is 0 Å². The van der Waals surface area contributed by atoms with Crippen LogP contribution in [0.2, 0.25) is 0 Å². The van der Waals surface area contributed by atoms with Gasteiger partial charge in [-0.25, -0.2) is 4.98 Å². The zero-order chi connectivity index (χ0) is 19.4. The third kappa shape index (κ3) is 4.50. The fourth-order valence-electron chi connectivity index (χ4n) is 2.41. The van der Waals surface area contributed by atoms with E-state index < -0.39 is 5.97 Å². The molecule has 0 aliphatic rings. The summed E-state index contributed by atoms with van der Waals surface area (Å²) in [7, 11) is 0. The SMILES string of the molecule is CC(=O)O.O=c1[nH]c(CNc2cccnc2)nc2c1oc1ccc(Br)cc12. The van der Waals surface area contributed by atoms with E-state index in [2.05, 4.69) is 36.2 Å². The summed E-state index contributed by atoms with van der Waals surface area (Å²) >= 11 is 3.43. The molecule has 0 saturated carbocycles. The summed E-state index contributed by atoms with van der Waals surface area (Å²) in [5.74, 6) is -0.297. The first-order chi connectivity index (χ1) is 12.9. The van der Waals surface area contributed by atoms with Crippen LogP contribution in [0.5, 0.6) is 0 Å². The zero-order valence-corrected chi connectivity index (χ0v) is 15.8. The minimum atomic E-state index is -0.833. The average molecular weight is 431 g/mol. The Kier molecular flexibility index (Phi) is 5.51. The molecule has 0 radical (unpaired) electrons. The lowest BCUT2D eigenvalue weighted by Gasteiger charge is -2.04. The molecule has 0 unspecified atom stereocenters. The molecule has 4 aromatic rings. The molecular weight excluding hydrogens is 416 g/mol. The molecule has 3 N–H and O–H groups in total. The molecule has 9 heteroatoms. The van der Waals surface area contributed by atoms with Gasteiger partial charge >= 0.3 is 0 Å². The Bertz CT molecular complexity index is 1150. The number of aromatic nitrogens is 3. The number of nitrogens with one attached hydrogen (secondary N) is 2. The normalized spacial score (nSPS) is 10.4. The van der Waals surface area contributed by atoms with E-state index in [1.807, 2.05) is 30.3 Å². The molecule has 0 aliphatic carbocycles. The van der Waals surface area contributed by atoms with Gasteiger partial charge in [0.15, 0.2) is 0 Å². The van der Waals surface area contributed by atoms with Crippen LogP contribution in [0.25, 0.3) is 22.1 Å². The molecule has 0 aliphatic heterocycles. The molecule has 3 aromatic heterocycles. The molecule has 3 heterocycles. The number of rotatable bonds is 3. The summed E-state index contributed by atoms with van der Waals surface area (Å²) in [6.07, 6.45) is 3.41. The Hall–Kier alpha value is -3.20. The molecule has 0 spiro atoms. The van der Waals surface area contributed by atoms with Crippen LogP contribution in [0.3, 0.4) is 0 Å². The van der Waals surface area contributed by atoms with E-state index in [9.17, 15) is 4.79 Å². The first kappa shape index (κ1) is 18.6. The average Bonchev–Trinajstić information content (AvgIpc) is 2.99. The second-order valence-corrected chi connectivity index (χ2v) is 6.46. The summed E-state index contributed by atoms with van der Waals surface area (Å²) in [5.41, 5.74) is 2.01.